The molecule has 2 N–H and O–H groups in total. The van der Waals surface area contributed by atoms with Crippen LogP contribution in [-0.4, -0.2) is 59.0 Å². The molecule has 0 aromatic carbocycles. The van der Waals surface area contributed by atoms with Gasteiger partial charge < -0.3 is 20.3 Å². The molecule has 9 heteroatoms. The van der Waals surface area contributed by atoms with Gasteiger partial charge in [0.15, 0.2) is 5.96 Å². The third kappa shape index (κ3) is 9.53. The van der Waals surface area contributed by atoms with Gasteiger partial charge in [-0.25, -0.2) is 4.79 Å². The van der Waals surface area contributed by atoms with Crippen molar-refractivity contribution in [1.82, 2.24) is 25.3 Å². The van der Waals surface area contributed by atoms with Crippen LogP contribution in [0.15, 0.2) is 11.2 Å². The summed E-state index contributed by atoms with van der Waals surface area (Å²) in [7, 11) is 5.70. The SMILES string of the molecule is CN=C(NCC(NC(=O)OC(C)(C)C)C(C)C)N(C)Cc1cn(C)nc1C(C)C.I. The minimum atomic E-state index is -0.521. The minimum Gasteiger partial charge on any atom is -0.444 e. The van der Waals surface area contributed by atoms with Crippen molar-refractivity contribution in [2.24, 2.45) is 18.0 Å². The molecule has 0 radical (unpaired) electrons. The van der Waals surface area contributed by atoms with Crippen molar-refractivity contribution >= 4 is 36.0 Å². The average molecular weight is 537 g/mol. The van der Waals surface area contributed by atoms with Crippen LogP contribution in [0, 0.1) is 5.92 Å². The van der Waals surface area contributed by atoms with Crippen LogP contribution in [0.4, 0.5) is 4.79 Å². The highest BCUT2D eigenvalue weighted by Crippen LogP contribution is 2.18. The minimum absolute atomic E-state index is 0. The van der Waals surface area contributed by atoms with Gasteiger partial charge in [-0.05, 0) is 32.6 Å². The van der Waals surface area contributed by atoms with Crippen molar-refractivity contribution in [3.8, 4) is 0 Å². The van der Waals surface area contributed by atoms with Crippen LogP contribution >= 0.6 is 24.0 Å². The van der Waals surface area contributed by atoms with E-state index in [1.54, 1.807) is 7.05 Å². The second-order valence-electron chi connectivity index (χ2n) is 9.15. The average Bonchev–Trinajstić information content (AvgIpc) is 2.93. The molecule has 1 amide bonds. The number of aliphatic imine (C=N–C) groups is 1. The molecule has 0 fully saturated rings. The molecular weight excluding hydrogens is 495 g/mol. The molecular formula is C21H41IN6O2. The molecule has 1 rings (SSSR count). The van der Waals surface area contributed by atoms with Crippen LogP contribution in [0.25, 0.3) is 0 Å². The van der Waals surface area contributed by atoms with Gasteiger partial charge in [-0.15, -0.1) is 24.0 Å². The summed E-state index contributed by atoms with van der Waals surface area (Å²) >= 11 is 0. The zero-order chi connectivity index (χ0) is 22.4. The van der Waals surface area contributed by atoms with Gasteiger partial charge in [0, 0.05) is 46.0 Å². The van der Waals surface area contributed by atoms with Gasteiger partial charge in [0.1, 0.15) is 5.60 Å². The lowest BCUT2D eigenvalue weighted by molar-refractivity contribution is 0.0491. The van der Waals surface area contributed by atoms with Crippen molar-refractivity contribution in [3.05, 3.63) is 17.5 Å². The topological polar surface area (TPSA) is 83.8 Å². The number of alkyl carbamates (subject to hydrolysis) is 1. The molecule has 0 bridgehead atoms. The number of amides is 1. The van der Waals surface area contributed by atoms with E-state index in [1.807, 2.05) is 39.5 Å². The Morgan fingerprint density at radius 3 is 2.37 bits per heavy atom. The van der Waals surface area contributed by atoms with E-state index in [1.165, 1.54) is 5.56 Å². The van der Waals surface area contributed by atoms with Gasteiger partial charge in [0.05, 0.1) is 11.7 Å². The molecule has 1 heterocycles. The lowest BCUT2D eigenvalue weighted by atomic mass is 10.0. The molecule has 0 spiro atoms. The summed E-state index contributed by atoms with van der Waals surface area (Å²) in [6.45, 7) is 15.3. The molecule has 1 aromatic rings. The number of carbonyl (C=O) groups excluding carboxylic acids is 1. The summed E-state index contributed by atoms with van der Waals surface area (Å²) in [6.07, 6.45) is 1.65. The molecule has 30 heavy (non-hydrogen) atoms. The van der Waals surface area contributed by atoms with Crippen LogP contribution in [0.1, 0.15) is 65.6 Å². The molecule has 0 saturated heterocycles. The Bertz CT molecular complexity index is 694. The van der Waals surface area contributed by atoms with Gasteiger partial charge >= 0.3 is 6.09 Å². The van der Waals surface area contributed by atoms with Gasteiger partial charge in [0.25, 0.3) is 0 Å². The molecule has 0 saturated carbocycles. The smallest absolute Gasteiger partial charge is 0.407 e. The fourth-order valence-electron chi connectivity index (χ4n) is 2.99. The van der Waals surface area contributed by atoms with E-state index in [4.69, 9.17) is 4.74 Å². The summed E-state index contributed by atoms with van der Waals surface area (Å²) in [5.41, 5.74) is 1.76. The summed E-state index contributed by atoms with van der Waals surface area (Å²) in [5.74, 6) is 1.36. The lowest BCUT2D eigenvalue weighted by Gasteiger charge is -2.28. The fraction of sp³-hybridized carbons (Fsp3) is 0.762. The number of aromatic nitrogens is 2. The summed E-state index contributed by atoms with van der Waals surface area (Å²) < 4.78 is 7.24. The van der Waals surface area contributed by atoms with Crippen LogP contribution < -0.4 is 10.6 Å². The predicted molar refractivity (Wildman–Crippen MR) is 134 cm³/mol. The number of aryl methyl sites for hydroxylation is 1. The summed E-state index contributed by atoms with van der Waals surface area (Å²) in [4.78, 5) is 18.6. The Balaban J connectivity index is 0.00000841. The molecule has 1 aromatic heterocycles. The standard InChI is InChI=1S/C21H40N6O2.HI/c1-14(2)17(24-20(28)29-21(5,6)7)11-23-19(22-8)26(9)12-16-13-27(10)25-18(16)15(3)4;/h13-15,17H,11-12H2,1-10H3,(H,22,23)(H,24,28);1H. The Hall–Kier alpha value is -1.52. The molecule has 1 atom stereocenters. The maximum absolute atomic E-state index is 12.2. The third-order valence-corrected chi connectivity index (χ3v) is 4.45. The highest BCUT2D eigenvalue weighted by atomic mass is 127. The quantitative estimate of drug-likeness (QED) is 0.316. The van der Waals surface area contributed by atoms with Gasteiger partial charge in [-0.2, -0.15) is 5.10 Å². The van der Waals surface area contributed by atoms with Crippen LogP contribution in [0.2, 0.25) is 0 Å². The number of guanidine groups is 1. The first-order chi connectivity index (χ1) is 13.3. The first-order valence-corrected chi connectivity index (χ1v) is 10.3. The number of hydrogen-bond donors (Lipinski definition) is 2. The Morgan fingerprint density at radius 1 is 1.30 bits per heavy atom. The number of nitrogens with zero attached hydrogens (tertiary/aromatic N) is 4. The van der Waals surface area contributed by atoms with E-state index in [9.17, 15) is 4.79 Å². The summed E-state index contributed by atoms with van der Waals surface area (Å²) in [5, 5.41) is 10.9. The van der Waals surface area contributed by atoms with E-state index in [0.717, 1.165) is 11.7 Å². The number of rotatable bonds is 7. The van der Waals surface area contributed by atoms with E-state index < -0.39 is 11.7 Å². The zero-order valence-electron chi connectivity index (χ0n) is 20.2. The second kappa shape index (κ2) is 12.4. The van der Waals surface area contributed by atoms with Crippen LogP contribution in [0.5, 0.6) is 0 Å². The molecule has 174 valence electrons. The van der Waals surface area contributed by atoms with Crippen molar-refractivity contribution in [1.29, 1.82) is 0 Å². The Kier molecular flexibility index (Phi) is 11.7. The van der Waals surface area contributed by atoms with Crippen molar-refractivity contribution in [3.63, 3.8) is 0 Å². The largest absolute Gasteiger partial charge is 0.444 e. The maximum Gasteiger partial charge on any atom is 0.407 e. The van der Waals surface area contributed by atoms with E-state index >= 15 is 0 Å². The first kappa shape index (κ1) is 28.5. The van der Waals surface area contributed by atoms with Gasteiger partial charge in [0.2, 0.25) is 0 Å². The van der Waals surface area contributed by atoms with E-state index in [2.05, 4.69) is 59.5 Å². The Labute approximate surface area is 199 Å². The predicted octanol–water partition coefficient (Wildman–Crippen LogP) is 3.72. The van der Waals surface area contributed by atoms with Gasteiger partial charge in [-0.3, -0.25) is 9.67 Å². The zero-order valence-corrected chi connectivity index (χ0v) is 22.6. The molecule has 0 aliphatic heterocycles. The normalized spacial score (nSPS) is 13.1. The highest BCUT2D eigenvalue weighted by Gasteiger charge is 2.22. The number of nitrogens with one attached hydrogen (secondary N) is 2. The number of hydrogen-bond acceptors (Lipinski definition) is 4. The van der Waals surface area contributed by atoms with E-state index in [0.29, 0.717) is 19.0 Å². The van der Waals surface area contributed by atoms with Crippen LogP contribution in [-0.2, 0) is 18.3 Å². The second-order valence-corrected chi connectivity index (χ2v) is 9.15. The van der Waals surface area contributed by atoms with Crippen molar-refractivity contribution in [2.75, 3.05) is 20.6 Å². The number of halogens is 1. The maximum atomic E-state index is 12.2. The molecule has 1 unspecified atom stereocenters. The van der Waals surface area contributed by atoms with Crippen molar-refractivity contribution < 1.29 is 9.53 Å². The number of ether oxygens (including phenoxy) is 1. The molecule has 0 aliphatic carbocycles. The van der Waals surface area contributed by atoms with Crippen molar-refractivity contribution in [2.45, 2.75) is 72.6 Å². The van der Waals surface area contributed by atoms with E-state index in [-0.39, 0.29) is 35.9 Å². The molecule has 8 nitrogen and oxygen atoms in total. The fourth-order valence-corrected chi connectivity index (χ4v) is 2.99. The monoisotopic (exact) mass is 536 g/mol. The highest BCUT2D eigenvalue weighted by molar-refractivity contribution is 14.0. The van der Waals surface area contributed by atoms with Gasteiger partial charge in [-0.1, -0.05) is 27.7 Å². The third-order valence-electron chi connectivity index (χ3n) is 4.45. The Morgan fingerprint density at radius 2 is 1.90 bits per heavy atom. The summed E-state index contributed by atoms with van der Waals surface area (Å²) in [6, 6.07) is -0.0837. The number of carbonyl (C=O) groups is 1. The molecule has 0 aliphatic rings. The lowest BCUT2D eigenvalue weighted by Crippen LogP contribution is -2.50. The first-order valence-electron chi connectivity index (χ1n) is 10.3. The van der Waals surface area contributed by atoms with Crippen LogP contribution in [0.3, 0.4) is 0 Å².